The van der Waals surface area contributed by atoms with Crippen molar-refractivity contribution in [3.8, 4) is 5.75 Å². The number of nitrogens with two attached hydrogens (primary N) is 1. The molecule has 0 amide bonds. The number of nitrogen functional groups attached to an aromatic ring is 1. The number of anilines is 1. The smallest absolute Gasteiger partial charge is 0.166 e. The molecule has 3 heteroatoms. The second-order valence-electron chi connectivity index (χ2n) is 4.59. The summed E-state index contributed by atoms with van der Waals surface area (Å²) in [4.78, 5) is 11.8. The number of hydrogen-bond donors (Lipinski definition) is 1. The van der Waals surface area contributed by atoms with Crippen molar-refractivity contribution in [1.29, 1.82) is 0 Å². The van der Waals surface area contributed by atoms with E-state index in [2.05, 4.69) is 6.92 Å². The van der Waals surface area contributed by atoms with E-state index in [0.717, 1.165) is 25.7 Å². The Morgan fingerprint density at radius 1 is 1.47 bits per heavy atom. The first kappa shape index (κ1) is 12.0. The van der Waals surface area contributed by atoms with E-state index in [1.165, 1.54) is 0 Å². The topological polar surface area (TPSA) is 52.3 Å². The van der Waals surface area contributed by atoms with Gasteiger partial charge in [-0.25, -0.2) is 0 Å². The molecule has 1 saturated carbocycles. The number of unbranched alkanes of at least 4 members (excludes halogenated alkanes) is 1. The van der Waals surface area contributed by atoms with Crippen LogP contribution in [0.5, 0.6) is 5.75 Å². The van der Waals surface area contributed by atoms with Crippen LogP contribution in [0.3, 0.4) is 0 Å². The molecule has 1 aliphatic carbocycles. The highest BCUT2D eigenvalue weighted by atomic mass is 16.5. The second kappa shape index (κ2) is 5.21. The molecule has 1 aromatic rings. The summed E-state index contributed by atoms with van der Waals surface area (Å²) in [6.45, 7) is 2.79. The van der Waals surface area contributed by atoms with E-state index in [1.807, 2.05) is 6.07 Å². The molecule has 2 N–H and O–H groups in total. The van der Waals surface area contributed by atoms with Crippen LogP contribution in [-0.4, -0.2) is 12.4 Å². The minimum absolute atomic E-state index is 0.219. The summed E-state index contributed by atoms with van der Waals surface area (Å²) in [5, 5.41) is 0. The van der Waals surface area contributed by atoms with E-state index in [9.17, 15) is 4.79 Å². The number of ketones is 1. The quantitative estimate of drug-likeness (QED) is 0.467. The van der Waals surface area contributed by atoms with E-state index >= 15 is 0 Å². The Labute approximate surface area is 102 Å². The predicted molar refractivity (Wildman–Crippen MR) is 68.3 cm³/mol. The Morgan fingerprint density at radius 3 is 2.82 bits per heavy atom. The summed E-state index contributed by atoms with van der Waals surface area (Å²) in [6, 6.07) is 5.36. The van der Waals surface area contributed by atoms with E-state index in [4.69, 9.17) is 10.5 Å². The second-order valence-corrected chi connectivity index (χ2v) is 4.59. The first-order valence-corrected chi connectivity index (χ1v) is 6.29. The molecule has 0 spiro atoms. The van der Waals surface area contributed by atoms with Gasteiger partial charge in [0.1, 0.15) is 5.75 Å². The number of Topliss-reactive ketones (excluding diaryl/α,β-unsaturated/α-hetero) is 1. The van der Waals surface area contributed by atoms with E-state index in [1.54, 1.807) is 12.1 Å². The van der Waals surface area contributed by atoms with Crippen molar-refractivity contribution in [3.63, 3.8) is 0 Å². The van der Waals surface area contributed by atoms with Gasteiger partial charge in [0.15, 0.2) is 5.78 Å². The van der Waals surface area contributed by atoms with Crippen molar-refractivity contribution >= 4 is 11.5 Å². The molecule has 3 nitrogen and oxygen atoms in total. The monoisotopic (exact) mass is 233 g/mol. The molecule has 2 rings (SSSR count). The van der Waals surface area contributed by atoms with E-state index in [-0.39, 0.29) is 11.7 Å². The molecule has 0 unspecified atom stereocenters. The summed E-state index contributed by atoms with van der Waals surface area (Å²) >= 11 is 0. The summed E-state index contributed by atoms with van der Waals surface area (Å²) in [6.07, 6.45) is 4.15. The summed E-state index contributed by atoms with van der Waals surface area (Å²) in [5.41, 5.74) is 7.16. The summed E-state index contributed by atoms with van der Waals surface area (Å²) < 4.78 is 5.55. The molecule has 0 aliphatic heterocycles. The Kier molecular flexibility index (Phi) is 3.67. The van der Waals surface area contributed by atoms with Gasteiger partial charge >= 0.3 is 0 Å². The fourth-order valence-electron chi connectivity index (χ4n) is 1.74. The van der Waals surface area contributed by atoms with Crippen LogP contribution in [0.25, 0.3) is 0 Å². The zero-order chi connectivity index (χ0) is 12.3. The average Bonchev–Trinajstić information content (AvgIpc) is 3.14. The standard InChI is InChI=1S/C14H19NO2/c1-2-3-8-17-13-7-6-11(9-12(13)15)14(16)10-4-5-10/h6-7,9-10H,2-5,8,15H2,1H3. The van der Waals surface area contributed by atoms with E-state index in [0.29, 0.717) is 23.6 Å². The van der Waals surface area contributed by atoms with Crippen molar-refractivity contribution in [1.82, 2.24) is 0 Å². The van der Waals surface area contributed by atoms with Crippen molar-refractivity contribution < 1.29 is 9.53 Å². The summed E-state index contributed by atoms with van der Waals surface area (Å²) in [7, 11) is 0. The molecule has 1 aliphatic rings. The van der Waals surface area contributed by atoms with Crippen LogP contribution in [0.4, 0.5) is 5.69 Å². The Morgan fingerprint density at radius 2 is 2.24 bits per heavy atom. The van der Waals surface area contributed by atoms with Crippen LogP contribution in [0.1, 0.15) is 43.0 Å². The lowest BCUT2D eigenvalue weighted by Crippen LogP contribution is -2.04. The van der Waals surface area contributed by atoms with Gasteiger partial charge in [0, 0.05) is 11.5 Å². The van der Waals surface area contributed by atoms with Gasteiger partial charge in [-0.15, -0.1) is 0 Å². The third kappa shape index (κ3) is 2.99. The zero-order valence-corrected chi connectivity index (χ0v) is 10.2. The highest BCUT2D eigenvalue weighted by Crippen LogP contribution is 2.34. The van der Waals surface area contributed by atoms with Crippen LogP contribution in [0.15, 0.2) is 18.2 Å². The van der Waals surface area contributed by atoms with Crippen molar-refractivity contribution in [2.45, 2.75) is 32.6 Å². The first-order valence-electron chi connectivity index (χ1n) is 6.29. The lowest BCUT2D eigenvalue weighted by molar-refractivity contribution is 0.0967. The van der Waals surface area contributed by atoms with Crippen LogP contribution < -0.4 is 10.5 Å². The molecule has 0 heterocycles. The third-order valence-electron chi connectivity index (χ3n) is 3.00. The minimum Gasteiger partial charge on any atom is -0.491 e. The third-order valence-corrected chi connectivity index (χ3v) is 3.00. The molecule has 0 saturated heterocycles. The predicted octanol–water partition coefficient (Wildman–Crippen LogP) is 3.04. The molecule has 1 fully saturated rings. The normalized spacial score (nSPS) is 14.6. The SMILES string of the molecule is CCCCOc1ccc(C(=O)C2CC2)cc1N. The highest BCUT2D eigenvalue weighted by Gasteiger charge is 2.30. The van der Waals surface area contributed by atoms with Gasteiger partial charge in [-0.1, -0.05) is 13.3 Å². The Balaban J connectivity index is 2.02. The highest BCUT2D eigenvalue weighted by molar-refractivity contribution is 6.00. The van der Waals surface area contributed by atoms with Gasteiger partial charge in [0.05, 0.1) is 12.3 Å². The van der Waals surface area contributed by atoms with Crippen LogP contribution in [0, 0.1) is 5.92 Å². The van der Waals surface area contributed by atoms with Crippen molar-refractivity contribution in [3.05, 3.63) is 23.8 Å². The van der Waals surface area contributed by atoms with Gasteiger partial charge in [0.25, 0.3) is 0 Å². The number of ether oxygens (including phenoxy) is 1. The maximum atomic E-state index is 11.8. The Bertz CT molecular complexity index is 411. The fraction of sp³-hybridized carbons (Fsp3) is 0.500. The largest absolute Gasteiger partial charge is 0.491 e. The number of benzene rings is 1. The average molecular weight is 233 g/mol. The van der Waals surface area contributed by atoms with Gasteiger partial charge in [0.2, 0.25) is 0 Å². The molecule has 0 aromatic heterocycles. The lowest BCUT2D eigenvalue weighted by atomic mass is 10.1. The zero-order valence-electron chi connectivity index (χ0n) is 10.2. The molecule has 1 aromatic carbocycles. The molecule has 0 radical (unpaired) electrons. The lowest BCUT2D eigenvalue weighted by Gasteiger charge is -2.09. The van der Waals surface area contributed by atoms with Gasteiger partial charge in [-0.3, -0.25) is 4.79 Å². The minimum atomic E-state index is 0.219. The molecule has 0 bridgehead atoms. The van der Waals surface area contributed by atoms with Crippen LogP contribution >= 0.6 is 0 Å². The maximum absolute atomic E-state index is 11.8. The van der Waals surface area contributed by atoms with Gasteiger partial charge in [-0.05, 0) is 37.5 Å². The Hall–Kier alpha value is -1.51. The van der Waals surface area contributed by atoms with Crippen LogP contribution in [-0.2, 0) is 0 Å². The number of carbonyl (C=O) groups excluding carboxylic acids is 1. The maximum Gasteiger partial charge on any atom is 0.166 e. The summed E-state index contributed by atoms with van der Waals surface area (Å²) in [5.74, 6) is 1.14. The molecular weight excluding hydrogens is 214 g/mol. The molecule has 92 valence electrons. The fourth-order valence-corrected chi connectivity index (χ4v) is 1.74. The van der Waals surface area contributed by atoms with Crippen LogP contribution in [0.2, 0.25) is 0 Å². The molecule has 0 atom stereocenters. The van der Waals surface area contributed by atoms with Gasteiger partial charge < -0.3 is 10.5 Å². The van der Waals surface area contributed by atoms with Crippen molar-refractivity contribution in [2.24, 2.45) is 5.92 Å². The number of rotatable bonds is 6. The van der Waals surface area contributed by atoms with Gasteiger partial charge in [-0.2, -0.15) is 0 Å². The van der Waals surface area contributed by atoms with E-state index < -0.39 is 0 Å². The molecular formula is C14H19NO2. The number of carbonyl (C=O) groups is 1. The first-order chi connectivity index (χ1) is 8.22. The van der Waals surface area contributed by atoms with Crippen molar-refractivity contribution in [2.75, 3.05) is 12.3 Å². The molecule has 17 heavy (non-hydrogen) atoms. The number of hydrogen-bond acceptors (Lipinski definition) is 3.